The minimum Gasteiger partial charge on any atom is -0.478 e. The maximum atomic E-state index is 10.8. The van der Waals surface area contributed by atoms with Gasteiger partial charge in [-0.25, -0.2) is 4.79 Å². The van der Waals surface area contributed by atoms with Crippen LogP contribution >= 0.6 is 11.3 Å². The third kappa shape index (κ3) is 1.86. The lowest BCUT2D eigenvalue weighted by Crippen LogP contribution is -1.95. The van der Waals surface area contributed by atoms with Gasteiger partial charge in [0, 0.05) is 15.2 Å². The molecule has 0 unspecified atom stereocenters. The third-order valence-corrected chi connectivity index (χ3v) is 3.79. The van der Waals surface area contributed by atoms with E-state index in [2.05, 4.69) is 12.1 Å². The number of benzene rings is 1. The summed E-state index contributed by atoms with van der Waals surface area (Å²) in [6.07, 6.45) is 1.74. The fourth-order valence-corrected chi connectivity index (χ4v) is 2.80. The number of fused-ring (bicyclic) bond motifs is 1. The number of thiophene rings is 1. The molecule has 0 aliphatic rings. The summed E-state index contributed by atoms with van der Waals surface area (Å²) in [4.78, 5) is 11.8. The normalized spacial score (nSPS) is 12.0. The first-order chi connectivity index (χ1) is 7.59. The second-order valence-electron chi connectivity index (χ2n) is 3.72. The van der Waals surface area contributed by atoms with Crippen molar-refractivity contribution >= 4 is 33.5 Å². The molecule has 1 aromatic carbocycles. The van der Waals surface area contributed by atoms with Crippen LogP contribution in [0.15, 0.2) is 29.8 Å². The molecule has 0 radical (unpaired) electrons. The summed E-state index contributed by atoms with van der Waals surface area (Å²) < 4.78 is 1.20. The van der Waals surface area contributed by atoms with Gasteiger partial charge in [-0.1, -0.05) is 18.2 Å². The highest BCUT2D eigenvalue weighted by Gasteiger charge is 2.07. The molecule has 2 aromatic rings. The molecule has 1 aromatic heterocycles. The van der Waals surface area contributed by atoms with E-state index in [1.54, 1.807) is 24.3 Å². The van der Waals surface area contributed by atoms with Crippen molar-refractivity contribution < 1.29 is 9.90 Å². The van der Waals surface area contributed by atoms with Gasteiger partial charge in [-0.3, -0.25) is 0 Å². The van der Waals surface area contributed by atoms with Gasteiger partial charge in [-0.2, -0.15) is 0 Å². The van der Waals surface area contributed by atoms with Crippen LogP contribution in [0.3, 0.4) is 0 Å². The predicted molar refractivity (Wildman–Crippen MR) is 67.8 cm³/mol. The lowest BCUT2D eigenvalue weighted by molar-refractivity contribution is -0.132. The fourth-order valence-electron chi connectivity index (χ4n) is 1.59. The molecule has 0 bridgehead atoms. The SMILES string of the molecule is C/C(=C\c1sc2ccccc2c1C)C(=O)O. The Kier molecular flexibility index (Phi) is 2.79. The van der Waals surface area contributed by atoms with Crippen LogP contribution in [-0.2, 0) is 4.79 Å². The van der Waals surface area contributed by atoms with Gasteiger partial charge < -0.3 is 5.11 Å². The van der Waals surface area contributed by atoms with Gasteiger partial charge in [0.15, 0.2) is 0 Å². The average Bonchev–Trinajstić information content (AvgIpc) is 2.56. The van der Waals surface area contributed by atoms with Gasteiger partial charge in [0.25, 0.3) is 0 Å². The van der Waals surface area contributed by atoms with Gasteiger partial charge in [-0.15, -0.1) is 11.3 Å². The molecule has 2 rings (SSSR count). The van der Waals surface area contributed by atoms with Crippen molar-refractivity contribution in [2.24, 2.45) is 0 Å². The molecule has 0 fully saturated rings. The predicted octanol–water partition coefficient (Wildman–Crippen LogP) is 3.70. The first kappa shape index (κ1) is 10.9. The van der Waals surface area contributed by atoms with E-state index < -0.39 is 5.97 Å². The topological polar surface area (TPSA) is 37.3 Å². The molecule has 82 valence electrons. The van der Waals surface area contributed by atoms with Crippen molar-refractivity contribution in [3.63, 3.8) is 0 Å². The second-order valence-corrected chi connectivity index (χ2v) is 4.80. The van der Waals surface area contributed by atoms with Crippen LogP contribution < -0.4 is 0 Å². The average molecular weight is 232 g/mol. The van der Waals surface area contributed by atoms with E-state index in [1.165, 1.54) is 10.1 Å². The Balaban J connectivity index is 2.58. The Bertz CT molecular complexity index is 579. The molecule has 1 heterocycles. The van der Waals surface area contributed by atoms with Crippen molar-refractivity contribution in [1.82, 2.24) is 0 Å². The molecular formula is C13H12O2S. The summed E-state index contributed by atoms with van der Waals surface area (Å²) in [5, 5.41) is 10.1. The van der Waals surface area contributed by atoms with E-state index in [1.807, 2.05) is 19.1 Å². The quantitative estimate of drug-likeness (QED) is 0.802. The molecule has 0 aliphatic heterocycles. The first-order valence-corrected chi connectivity index (χ1v) is 5.81. The van der Waals surface area contributed by atoms with Crippen LogP contribution in [-0.4, -0.2) is 11.1 Å². The van der Waals surface area contributed by atoms with E-state index in [0.29, 0.717) is 5.57 Å². The number of carboxylic acid groups (broad SMARTS) is 1. The highest BCUT2D eigenvalue weighted by atomic mass is 32.1. The fraction of sp³-hybridized carbons (Fsp3) is 0.154. The van der Waals surface area contributed by atoms with Crippen LogP contribution in [0.1, 0.15) is 17.4 Å². The summed E-state index contributed by atoms with van der Waals surface area (Å²) in [5.74, 6) is -0.864. The van der Waals surface area contributed by atoms with Crippen LogP contribution in [0.4, 0.5) is 0 Å². The summed E-state index contributed by atoms with van der Waals surface area (Å²) in [5.41, 5.74) is 1.52. The summed E-state index contributed by atoms with van der Waals surface area (Å²) in [6, 6.07) is 8.12. The zero-order valence-corrected chi connectivity index (χ0v) is 9.97. The number of carboxylic acids is 1. The zero-order chi connectivity index (χ0) is 11.7. The van der Waals surface area contributed by atoms with Crippen LogP contribution in [0.2, 0.25) is 0 Å². The maximum Gasteiger partial charge on any atom is 0.331 e. The zero-order valence-electron chi connectivity index (χ0n) is 9.15. The number of hydrogen-bond acceptors (Lipinski definition) is 2. The van der Waals surface area contributed by atoms with Gasteiger partial charge >= 0.3 is 5.97 Å². The van der Waals surface area contributed by atoms with Gasteiger partial charge in [0.2, 0.25) is 0 Å². The molecule has 16 heavy (non-hydrogen) atoms. The van der Waals surface area contributed by atoms with Crippen molar-refractivity contribution in [2.45, 2.75) is 13.8 Å². The molecule has 0 saturated carbocycles. The van der Waals surface area contributed by atoms with E-state index in [9.17, 15) is 4.79 Å². The minimum atomic E-state index is -0.864. The Labute approximate surface area is 97.8 Å². The highest BCUT2D eigenvalue weighted by molar-refractivity contribution is 7.20. The minimum absolute atomic E-state index is 0.370. The molecule has 0 amide bonds. The Morgan fingerprint density at radius 1 is 1.38 bits per heavy atom. The molecule has 2 nitrogen and oxygen atoms in total. The Morgan fingerprint density at radius 2 is 2.06 bits per heavy atom. The largest absolute Gasteiger partial charge is 0.478 e. The van der Waals surface area contributed by atoms with E-state index >= 15 is 0 Å². The first-order valence-electron chi connectivity index (χ1n) is 4.99. The van der Waals surface area contributed by atoms with Crippen molar-refractivity contribution in [3.05, 3.63) is 40.3 Å². The molecule has 3 heteroatoms. The van der Waals surface area contributed by atoms with E-state index in [0.717, 1.165) is 10.4 Å². The summed E-state index contributed by atoms with van der Waals surface area (Å²) in [6.45, 7) is 3.64. The van der Waals surface area contributed by atoms with Crippen LogP contribution in [0, 0.1) is 6.92 Å². The lowest BCUT2D eigenvalue weighted by atomic mass is 10.1. The summed E-state index contributed by atoms with van der Waals surface area (Å²) >= 11 is 1.63. The Morgan fingerprint density at radius 3 is 2.69 bits per heavy atom. The second kappa shape index (κ2) is 4.10. The van der Waals surface area contributed by atoms with E-state index in [4.69, 9.17) is 5.11 Å². The number of carbonyl (C=O) groups is 1. The molecule has 0 aliphatic carbocycles. The number of rotatable bonds is 2. The van der Waals surface area contributed by atoms with Crippen LogP contribution in [0.5, 0.6) is 0 Å². The monoisotopic (exact) mass is 232 g/mol. The van der Waals surface area contributed by atoms with Crippen LogP contribution in [0.25, 0.3) is 16.2 Å². The maximum absolute atomic E-state index is 10.8. The lowest BCUT2D eigenvalue weighted by Gasteiger charge is -1.93. The molecule has 0 spiro atoms. The smallest absolute Gasteiger partial charge is 0.331 e. The molecule has 0 atom stereocenters. The van der Waals surface area contributed by atoms with E-state index in [-0.39, 0.29) is 0 Å². The summed E-state index contributed by atoms with van der Waals surface area (Å²) in [7, 11) is 0. The van der Waals surface area contributed by atoms with Gasteiger partial charge in [-0.05, 0) is 36.9 Å². The van der Waals surface area contributed by atoms with Gasteiger partial charge in [0.1, 0.15) is 0 Å². The third-order valence-electron chi connectivity index (χ3n) is 2.57. The number of hydrogen-bond donors (Lipinski definition) is 1. The highest BCUT2D eigenvalue weighted by Crippen LogP contribution is 2.31. The van der Waals surface area contributed by atoms with Crippen molar-refractivity contribution in [3.8, 4) is 0 Å². The van der Waals surface area contributed by atoms with Crippen molar-refractivity contribution in [1.29, 1.82) is 0 Å². The number of aliphatic carboxylic acids is 1. The number of aryl methyl sites for hydroxylation is 1. The van der Waals surface area contributed by atoms with Crippen molar-refractivity contribution in [2.75, 3.05) is 0 Å². The Hall–Kier alpha value is -1.61. The van der Waals surface area contributed by atoms with Gasteiger partial charge in [0.05, 0.1) is 0 Å². The molecule has 1 N–H and O–H groups in total. The molecule has 0 saturated heterocycles. The standard InChI is InChI=1S/C13H12O2S/c1-8(13(14)15)7-12-9(2)10-5-3-4-6-11(10)16-12/h3-7H,1-2H3,(H,14,15)/b8-7+. The molecular weight excluding hydrogens is 220 g/mol.